The molecule has 0 N–H and O–H groups in total. The zero-order chi connectivity index (χ0) is 85.0. The van der Waals surface area contributed by atoms with E-state index in [1.54, 1.807) is 55.4 Å². The van der Waals surface area contributed by atoms with Crippen LogP contribution in [0.2, 0.25) is 0 Å². The normalized spacial score (nSPS) is 22.6. The molecule has 10 aromatic rings. The van der Waals surface area contributed by atoms with Gasteiger partial charge in [-0.15, -0.1) is 9.59 Å². The van der Waals surface area contributed by atoms with E-state index in [4.69, 9.17) is 28.4 Å². The second-order valence-electron chi connectivity index (χ2n) is 32.5. The number of pyridine rings is 7. The summed E-state index contributed by atoms with van der Waals surface area (Å²) < 4.78 is 102. The lowest BCUT2D eigenvalue weighted by atomic mass is 9.90. The molecule has 4 amide bonds. The van der Waals surface area contributed by atoms with E-state index in [9.17, 15) is 41.1 Å². The first-order chi connectivity index (χ1) is 58.3. The Morgan fingerprint density at radius 3 is 1.10 bits per heavy atom. The van der Waals surface area contributed by atoms with Gasteiger partial charge in [0.05, 0.1) is 70.5 Å². The first-order valence-electron chi connectivity index (χ1n) is 41.2. The molecule has 0 spiro atoms. The molecule has 0 aliphatic carbocycles. The minimum Gasteiger partial charge on any atom is -0.493 e. The quantitative estimate of drug-likeness (QED) is 0.0538. The van der Waals surface area contributed by atoms with Gasteiger partial charge in [0.15, 0.2) is 34.4 Å². The number of halogens is 5. The number of rotatable bonds is 23. The number of fused-ring (bicyclic) bond motifs is 8. The number of nitrogens with zero attached hydrogens (tertiary/aromatic N) is 17. The van der Waals surface area contributed by atoms with Gasteiger partial charge >= 0.3 is 0 Å². The van der Waals surface area contributed by atoms with Crippen LogP contribution in [0.4, 0.5) is 22.0 Å². The van der Waals surface area contributed by atoms with Crippen molar-refractivity contribution in [3.63, 3.8) is 0 Å². The summed E-state index contributed by atoms with van der Waals surface area (Å²) in [6.45, 7) is 15.4. The van der Waals surface area contributed by atoms with Gasteiger partial charge in [0.1, 0.15) is 11.4 Å². The van der Waals surface area contributed by atoms with Crippen molar-refractivity contribution >= 4 is 23.6 Å². The summed E-state index contributed by atoms with van der Waals surface area (Å²) in [4.78, 5) is 94.5. The lowest BCUT2D eigenvalue weighted by Crippen LogP contribution is -2.38. The highest BCUT2D eigenvalue weighted by Crippen LogP contribution is 2.48. The van der Waals surface area contributed by atoms with E-state index in [-0.39, 0.29) is 112 Å². The summed E-state index contributed by atoms with van der Waals surface area (Å²) in [5.41, 5.74) is 6.75. The highest BCUT2D eigenvalue weighted by molar-refractivity contribution is 5.99. The number of hydrogen-bond acceptors (Lipinski definition) is 21. The summed E-state index contributed by atoms with van der Waals surface area (Å²) in [7, 11) is 1.39. The molecule has 8 bridgehead atoms. The molecule has 12 unspecified atom stereocenters. The molecular formula is C89H98F5N17O10. The summed E-state index contributed by atoms with van der Waals surface area (Å²) >= 11 is 0. The molecule has 9 aromatic heterocycles. The van der Waals surface area contributed by atoms with Crippen molar-refractivity contribution in [2.75, 3.05) is 40.1 Å². The first-order valence-corrected chi connectivity index (χ1v) is 41.2. The number of carbonyl (C=O) groups is 4. The Kier molecular flexibility index (Phi) is 25.0. The van der Waals surface area contributed by atoms with Gasteiger partial charge in [-0.1, -0.05) is 18.2 Å². The van der Waals surface area contributed by atoms with Crippen molar-refractivity contribution in [1.29, 1.82) is 0 Å². The van der Waals surface area contributed by atoms with E-state index in [0.29, 0.717) is 96.7 Å². The Hall–Kier alpha value is -12.1. The van der Waals surface area contributed by atoms with Gasteiger partial charge in [-0.25, -0.2) is 56.8 Å². The van der Waals surface area contributed by atoms with Crippen LogP contribution in [-0.2, 0) is 11.8 Å². The number of para-hydroxylation sites is 1. The number of hydrogen-bond donors (Lipinski definition) is 0. The van der Waals surface area contributed by atoms with Crippen LogP contribution >= 0.6 is 0 Å². The average Bonchev–Trinajstić information content (AvgIpc) is 1.62. The molecule has 17 heterocycles. The van der Waals surface area contributed by atoms with Gasteiger partial charge < -0.3 is 48.0 Å². The molecule has 8 fully saturated rings. The number of ether oxygens (including phenoxy) is 6. The van der Waals surface area contributed by atoms with Crippen molar-refractivity contribution in [2.45, 2.75) is 193 Å². The predicted octanol–water partition coefficient (Wildman–Crippen LogP) is 14.3. The van der Waals surface area contributed by atoms with Crippen molar-refractivity contribution in [2.24, 2.45) is 23.7 Å². The van der Waals surface area contributed by atoms with Gasteiger partial charge in [-0.2, -0.15) is 20.4 Å². The van der Waals surface area contributed by atoms with E-state index in [1.165, 1.54) is 47.0 Å². The largest absolute Gasteiger partial charge is 0.493 e. The van der Waals surface area contributed by atoms with Crippen molar-refractivity contribution in [1.82, 2.24) is 84.5 Å². The maximum atomic E-state index is 14.0. The molecule has 18 rings (SSSR count). The van der Waals surface area contributed by atoms with Gasteiger partial charge in [0.2, 0.25) is 23.5 Å². The third kappa shape index (κ3) is 18.5. The summed E-state index contributed by atoms with van der Waals surface area (Å²) in [5, 5.41) is 16.7. The van der Waals surface area contributed by atoms with Crippen LogP contribution in [0, 0.1) is 64.1 Å². The molecule has 634 valence electrons. The minimum absolute atomic E-state index is 0.0189. The van der Waals surface area contributed by atoms with E-state index in [1.807, 2.05) is 116 Å². The number of aryl methyl sites for hydroxylation is 5. The van der Waals surface area contributed by atoms with Crippen molar-refractivity contribution in [3.8, 4) is 46.4 Å². The standard InChI is InChI=1S/C23H24F2N6O2.C23H27F2N3O3.C22H24N6O2.C21H23FN2O3/c1-14-3-6-19(31-27-9-10-28-31)21(29-14)22(32)30-17-5-7-18(30)15(11-17)13-33-20-8-4-16(12-26-20)23(2,24)25;1-4-30-19-9-5-14(2)27-21(19)22(29)28-17-7-8-18(28)15(11-17)13-31-20-10-6-16(12-26-20)23(3,24)25;1-14-3-8-20(23-12-14)30-13-16-11-17-5-7-18(16)27(17)22(29)21-19(6-4-15(2)26-21)28-24-9-10-25-28;1-13-6-9-19(23-11-13)27-12-14-10-15-7-8-18(14)24(15)21(25)16-4-3-5-17(22)20(16)26-2/h3-4,6,8-10,12,15,17-18H,5,7,11,13H2,1-2H3;5-6,9-10,12,15,17-18H,4,7-8,11,13H2,1-3H3;3-4,6,8-10,12,16-18H,5,7,11,13H2,1-2H3;3-6,9,11,14-15,18H,7-8,10,12H2,1-2H3. The monoisotopic (exact) mass is 1660 g/mol. The summed E-state index contributed by atoms with van der Waals surface area (Å²) in [6, 6.07) is 29.8. The molecule has 1 aromatic carbocycles. The molecule has 8 aliphatic rings. The molecule has 8 saturated heterocycles. The van der Waals surface area contributed by atoms with Crippen LogP contribution in [0.3, 0.4) is 0 Å². The zero-order valence-corrected chi connectivity index (χ0v) is 69.0. The van der Waals surface area contributed by atoms with Crippen molar-refractivity contribution < 1.29 is 69.6 Å². The van der Waals surface area contributed by atoms with Crippen LogP contribution in [0.5, 0.6) is 35.0 Å². The SMILES string of the molecule is CCOc1ccc(C)nc1C(=O)N1C2CCC1C(COc1ccc(C(C)(F)F)cn1)C2.COc1c(F)cccc1C(=O)N1C2CCC1C(COc1ccc(C)cn1)C2.Cc1ccc(-n2nccn2)c(C(=O)N2C3CCC2C(COc2ccc(C(C)(F)F)cn2)C3)n1.Cc1ccc(OCC2CC3CCC2N3C(=O)c2nc(C)ccc2-n2nccn2)nc1. The first kappa shape index (κ1) is 83.9. The highest BCUT2D eigenvalue weighted by atomic mass is 19.3. The third-order valence-corrected chi connectivity index (χ3v) is 24.2. The smallest absolute Gasteiger partial charge is 0.276 e. The number of carbonyl (C=O) groups excluding carboxylic acids is 4. The summed E-state index contributed by atoms with van der Waals surface area (Å²) in [5.74, 6) is -3.58. The number of benzene rings is 1. The fourth-order valence-corrected chi connectivity index (χ4v) is 18.5. The van der Waals surface area contributed by atoms with Crippen LogP contribution in [0.25, 0.3) is 11.4 Å². The lowest BCUT2D eigenvalue weighted by Gasteiger charge is -2.25. The molecule has 0 radical (unpaired) electrons. The fourth-order valence-electron chi connectivity index (χ4n) is 18.5. The highest BCUT2D eigenvalue weighted by Gasteiger charge is 2.54. The number of amides is 4. The molecule has 0 saturated carbocycles. The minimum atomic E-state index is -2.94. The Morgan fingerprint density at radius 1 is 0.413 bits per heavy atom. The second kappa shape index (κ2) is 36.1. The van der Waals surface area contributed by atoms with Gasteiger partial charge in [-0.05, 0) is 190 Å². The Morgan fingerprint density at radius 2 is 0.760 bits per heavy atom. The third-order valence-electron chi connectivity index (χ3n) is 24.2. The van der Waals surface area contributed by atoms with E-state index in [2.05, 4.69) is 55.3 Å². The van der Waals surface area contributed by atoms with Crippen LogP contribution in [0.1, 0.15) is 179 Å². The van der Waals surface area contributed by atoms with Crippen LogP contribution in [0.15, 0.2) is 153 Å². The predicted molar refractivity (Wildman–Crippen MR) is 433 cm³/mol. The molecule has 27 nitrogen and oxygen atoms in total. The molecule has 8 aliphatic heterocycles. The number of aromatic nitrogens is 13. The zero-order valence-electron chi connectivity index (χ0n) is 69.0. The summed E-state index contributed by atoms with van der Waals surface area (Å²) in [6.07, 6.45) is 23.3. The van der Waals surface area contributed by atoms with Gasteiger partial charge in [0.25, 0.3) is 35.5 Å². The Labute approximate surface area is 697 Å². The molecule has 121 heavy (non-hydrogen) atoms. The van der Waals surface area contributed by atoms with Crippen LogP contribution in [-0.4, -0.2) is 197 Å². The molecule has 12 atom stereocenters. The maximum Gasteiger partial charge on any atom is 0.276 e. The van der Waals surface area contributed by atoms with Gasteiger partial charge in [0, 0.05) is 163 Å². The molecular weight excluding hydrogens is 1560 g/mol. The molecule has 32 heteroatoms. The average molecular weight is 1660 g/mol. The van der Waals surface area contributed by atoms with Gasteiger partial charge in [-0.3, -0.25) is 19.2 Å². The number of methoxy groups -OCH3 is 1. The fraction of sp³-hybridized carbons (Fsp3) is 0.449. The Balaban J connectivity index is 0.000000126. The lowest BCUT2D eigenvalue weighted by molar-refractivity contribution is 0.0163. The van der Waals surface area contributed by atoms with E-state index >= 15 is 0 Å². The van der Waals surface area contributed by atoms with E-state index in [0.717, 1.165) is 131 Å². The van der Waals surface area contributed by atoms with Crippen molar-refractivity contribution in [3.05, 3.63) is 221 Å². The topological polar surface area (TPSA) is 288 Å². The Bertz CT molecular complexity index is 5280. The van der Waals surface area contributed by atoms with E-state index < -0.39 is 17.7 Å². The second-order valence-corrected chi connectivity index (χ2v) is 32.5. The maximum absolute atomic E-state index is 14.0. The number of alkyl halides is 4. The van der Waals surface area contributed by atoms with Crippen LogP contribution < -0.4 is 28.4 Å².